The molecule has 0 aliphatic carbocycles. The predicted molar refractivity (Wildman–Crippen MR) is 68.2 cm³/mol. The van der Waals surface area contributed by atoms with Gasteiger partial charge in [0.15, 0.2) is 0 Å². The third-order valence-corrected chi connectivity index (χ3v) is 3.18. The van der Waals surface area contributed by atoms with Crippen LogP contribution < -0.4 is 4.74 Å². The lowest BCUT2D eigenvalue weighted by molar-refractivity contribution is -0.0110. The van der Waals surface area contributed by atoms with Crippen LogP contribution in [0, 0.1) is 3.57 Å². The van der Waals surface area contributed by atoms with E-state index < -0.39 is 0 Å². The molecule has 0 radical (unpaired) electrons. The Balaban J connectivity index is 1.81. The number of ether oxygens (including phenoxy) is 2. The number of hydrogen-bond donors (Lipinski definition) is 0. The first-order valence-electron chi connectivity index (χ1n) is 5.34. The fourth-order valence-corrected chi connectivity index (χ4v) is 2.20. The van der Waals surface area contributed by atoms with E-state index in [2.05, 4.69) is 28.7 Å². The molecule has 1 aromatic carbocycles. The van der Waals surface area contributed by atoms with Gasteiger partial charge in [-0.25, -0.2) is 0 Å². The molecule has 0 amide bonds. The van der Waals surface area contributed by atoms with Crippen molar-refractivity contribution in [1.82, 2.24) is 0 Å². The van der Waals surface area contributed by atoms with Crippen molar-refractivity contribution in [2.75, 3.05) is 13.2 Å². The van der Waals surface area contributed by atoms with Gasteiger partial charge in [-0.1, -0.05) is 6.07 Å². The van der Waals surface area contributed by atoms with E-state index in [1.165, 1.54) is 16.4 Å². The van der Waals surface area contributed by atoms with Crippen LogP contribution in [0.25, 0.3) is 0 Å². The van der Waals surface area contributed by atoms with Crippen molar-refractivity contribution < 1.29 is 9.47 Å². The van der Waals surface area contributed by atoms with Gasteiger partial charge in [0, 0.05) is 10.2 Å². The van der Waals surface area contributed by atoms with E-state index in [9.17, 15) is 0 Å². The van der Waals surface area contributed by atoms with Crippen LogP contribution >= 0.6 is 22.6 Å². The van der Waals surface area contributed by atoms with Crippen molar-refractivity contribution >= 4 is 22.6 Å². The highest BCUT2D eigenvalue weighted by molar-refractivity contribution is 14.1. The maximum atomic E-state index is 5.70. The molecule has 1 heterocycles. The minimum Gasteiger partial charge on any atom is -0.491 e. The van der Waals surface area contributed by atoms with E-state index in [1.807, 2.05) is 18.2 Å². The maximum absolute atomic E-state index is 5.70. The molecule has 82 valence electrons. The molecule has 2 nitrogen and oxygen atoms in total. The second-order valence-corrected chi connectivity index (χ2v) is 5.00. The summed E-state index contributed by atoms with van der Waals surface area (Å²) in [5.74, 6) is 0.941. The zero-order valence-corrected chi connectivity index (χ0v) is 10.8. The van der Waals surface area contributed by atoms with Gasteiger partial charge in [0.2, 0.25) is 0 Å². The predicted octanol–water partition coefficient (Wildman–Crippen LogP) is 3.24. The van der Waals surface area contributed by atoms with Crippen LogP contribution in [-0.2, 0) is 4.74 Å². The van der Waals surface area contributed by atoms with Gasteiger partial charge in [0.25, 0.3) is 0 Å². The summed E-state index contributed by atoms with van der Waals surface area (Å²) in [6.45, 7) is 1.57. The maximum Gasteiger partial charge on any atom is 0.120 e. The molecular weight excluding hydrogens is 303 g/mol. The normalized spacial score (nSPS) is 21.3. The molecule has 1 fully saturated rings. The number of benzene rings is 1. The quantitative estimate of drug-likeness (QED) is 0.797. The van der Waals surface area contributed by atoms with Crippen molar-refractivity contribution in [2.24, 2.45) is 0 Å². The van der Waals surface area contributed by atoms with Crippen molar-refractivity contribution in [3.8, 4) is 5.75 Å². The largest absolute Gasteiger partial charge is 0.491 e. The molecule has 1 aromatic rings. The van der Waals surface area contributed by atoms with Crippen molar-refractivity contribution in [3.63, 3.8) is 0 Å². The van der Waals surface area contributed by atoms with E-state index in [4.69, 9.17) is 9.47 Å². The lowest BCUT2D eigenvalue weighted by atomic mass is 10.1. The first-order chi connectivity index (χ1) is 7.34. The Bertz CT molecular complexity index is 308. The summed E-state index contributed by atoms with van der Waals surface area (Å²) in [7, 11) is 0. The van der Waals surface area contributed by atoms with Crippen LogP contribution in [0.2, 0.25) is 0 Å². The van der Waals surface area contributed by atoms with Gasteiger partial charge in [-0.3, -0.25) is 0 Å². The van der Waals surface area contributed by atoms with Crippen molar-refractivity contribution in [3.05, 3.63) is 27.8 Å². The average Bonchev–Trinajstić information content (AvgIpc) is 2.28. The van der Waals surface area contributed by atoms with E-state index >= 15 is 0 Å². The van der Waals surface area contributed by atoms with Gasteiger partial charge in [-0.05, 0) is 60.1 Å². The summed E-state index contributed by atoms with van der Waals surface area (Å²) in [6, 6.07) is 8.11. The molecule has 0 spiro atoms. The van der Waals surface area contributed by atoms with Gasteiger partial charge in [-0.15, -0.1) is 0 Å². The van der Waals surface area contributed by atoms with Gasteiger partial charge < -0.3 is 9.47 Å². The van der Waals surface area contributed by atoms with Crippen LogP contribution in [0.3, 0.4) is 0 Å². The van der Waals surface area contributed by atoms with Crippen LogP contribution in [0.4, 0.5) is 0 Å². The Labute approximate surface area is 104 Å². The molecule has 15 heavy (non-hydrogen) atoms. The smallest absolute Gasteiger partial charge is 0.120 e. The van der Waals surface area contributed by atoms with Crippen molar-refractivity contribution in [2.45, 2.75) is 25.4 Å². The second-order valence-electron chi connectivity index (χ2n) is 3.76. The van der Waals surface area contributed by atoms with Crippen LogP contribution in [0.15, 0.2) is 24.3 Å². The zero-order chi connectivity index (χ0) is 10.5. The molecular formula is C12H15IO2. The average molecular weight is 318 g/mol. The van der Waals surface area contributed by atoms with E-state index in [0.29, 0.717) is 6.61 Å². The molecule has 1 unspecified atom stereocenters. The van der Waals surface area contributed by atoms with E-state index in [1.54, 1.807) is 0 Å². The van der Waals surface area contributed by atoms with Crippen LogP contribution in [0.1, 0.15) is 19.3 Å². The molecule has 1 saturated heterocycles. The minimum atomic E-state index is 0.289. The molecule has 3 heteroatoms. The summed E-state index contributed by atoms with van der Waals surface area (Å²) < 4.78 is 12.5. The lowest BCUT2D eigenvalue weighted by Crippen LogP contribution is -2.25. The van der Waals surface area contributed by atoms with Crippen LogP contribution in [-0.4, -0.2) is 19.3 Å². The zero-order valence-electron chi connectivity index (χ0n) is 8.62. The first-order valence-corrected chi connectivity index (χ1v) is 6.42. The molecule has 0 saturated carbocycles. The molecule has 0 aromatic heterocycles. The van der Waals surface area contributed by atoms with Gasteiger partial charge in [0.05, 0.1) is 6.10 Å². The highest BCUT2D eigenvalue weighted by atomic mass is 127. The number of hydrogen-bond acceptors (Lipinski definition) is 2. The third-order valence-electron chi connectivity index (χ3n) is 2.51. The summed E-state index contributed by atoms with van der Waals surface area (Å²) in [4.78, 5) is 0. The van der Waals surface area contributed by atoms with Crippen molar-refractivity contribution in [1.29, 1.82) is 0 Å². The summed E-state index contributed by atoms with van der Waals surface area (Å²) in [5.41, 5.74) is 0. The highest BCUT2D eigenvalue weighted by Gasteiger charge is 2.14. The van der Waals surface area contributed by atoms with Crippen LogP contribution in [0.5, 0.6) is 5.75 Å². The van der Waals surface area contributed by atoms with Gasteiger partial charge in [0.1, 0.15) is 12.4 Å². The fraction of sp³-hybridized carbons (Fsp3) is 0.500. The Morgan fingerprint density at radius 2 is 2.33 bits per heavy atom. The fourth-order valence-electron chi connectivity index (χ4n) is 1.68. The van der Waals surface area contributed by atoms with Gasteiger partial charge >= 0.3 is 0 Å². The summed E-state index contributed by atoms with van der Waals surface area (Å²) >= 11 is 2.29. The molecule has 0 N–H and O–H groups in total. The first kappa shape index (κ1) is 11.2. The molecule has 1 aliphatic heterocycles. The number of halogens is 1. The minimum absolute atomic E-state index is 0.289. The number of rotatable bonds is 3. The standard InChI is InChI=1S/C12H15IO2/c13-10-4-3-6-11(8-10)15-9-12-5-1-2-7-14-12/h3-4,6,8,12H,1-2,5,7,9H2. The Morgan fingerprint density at radius 3 is 3.07 bits per heavy atom. The lowest BCUT2D eigenvalue weighted by Gasteiger charge is -2.22. The highest BCUT2D eigenvalue weighted by Crippen LogP contribution is 2.17. The summed E-state index contributed by atoms with van der Waals surface area (Å²) in [6.07, 6.45) is 3.88. The Morgan fingerprint density at radius 1 is 1.40 bits per heavy atom. The van der Waals surface area contributed by atoms with E-state index in [0.717, 1.165) is 18.8 Å². The second kappa shape index (κ2) is 5.70. The Kier molecular flexibility index (Phi) is 4.26. The Hall–Kier alpha value is -0.290. The topological polar surface area (TPSA) is 18.5 Å². The third kappa shape index (κ3) is 3.65. The monoisotopic (exact) mass is 318 g/mol. The SMILES string of the molecule is Ic1cccc(OCC2CCCCO2)c1. The molecule has 0 bridgehead atoms. The van der Waals surface area contributed by atoms with Gasteiger partial charge in [-0.2, -0.15) is 0 Å². The van der Waals surface area contributed by atoms with E-state index in [-0.39, 0.29) is 6.10 Å². The molecule has 2 rings (SSSR count). The summed E-state index contributed by atoms with van der Waals surface area (Å²) in [5, 5.41) is 0. The molecule has 1 aliphatic rings. The molecule has 1 atom stereocenters.